The highest BCUT2D eigenvalue weighted by Crippen LogP contribution is 2.21. The number of sulfonamides is 1. The third-order valence-electron chi connectivity index (χ3n) is 2.52. The quantitative estimate of drug-likeness (QED) is 0.711. The molecule has 1 unspecified atom stereocenters. The molecule has 1 rings (SSSR count). The first-order valence-corrected chi connectivity index (χ1v) is 7.47. The summed E-state index contributed by atoms with van der Waals surface area (Å²) in [5, 5.41) is 5.40. The number of anilines is 1. The molecule has 0 spiro atoms. The molecule has 1 amide bonds. The number of nitrogens with one attached hydrogen (secondary N) is 3. The van der Waals surface area contributed by atoms with Gasteiger partial charge >= 0.3 is 0 Å². The van der Waals surface area contributed by atoms with E-state index in [0.717, 1.165) is 0 Å². The summed E-state index contributed by atoms with van der Waals surface area (Å²) in [5.41, 5.74) is 0.402. The van der Waals surface area contributed by atoms with E-state index in [1.54, 1.807) is 32.0 Å². The molecular formula is C12H19N3O3S. The standard InChI is InChI=1S/C12H19N3O3S/c1-4-14-19(17,18)11-8-6-5-7-10(11)15-9(2)12(16)13-3/h5-9,14-15H,4H2,1-3H3,(H,13,16). The lowest BCUT2D eigenvalue weighted by Gasteiger charge is -2.17. The topological polar surface area (TPSA) is 87.3 Å². The molecule has 1 aromatic rings. The molecule has 7 heteroatoms. The van der Waals surface area contributed by atoms with Crippen molar-refractivity contribution in [3.63, 3.8) is 0 Å². The van der Waals surface area contributed by atoms with Crippen molar-refractivity contribution < 1.29 is 13.2 Å². The fourth-order valence-electron chi connectivity index (χ4n) is 1.60. The molecule has 3 N–H and O–H groups in total. The van der Waals surface area contributed by atoms with Gasteiger partial charge in [-0.2, -0.15) is 0 Å². The van der Waals surface area contributed by atoms with Crippen LogP contribution in [0.1, 0.15) is 13.8 Å². The van der Waals surface area contributed by atoms with E-state index in [1.807, 2.05) is 0 Å². The van der Waals surface area contributed by atoms with E-state index >= 15 is 0 Å². The molecule has 6 nitrogen and oxygen atoms in total. The molecule has 106 valence electrons. The largest absolute Gasteiger partial charge is 0.373 e. The molecule has 0 saturated heterocycles. The molecule has 1 atom stereocenters. The van der Waals surface area contributed by atoms with Crippen LogP contribution in [0.15, 0.2) is 29.2 Å². The van der Waals surface area contributed by atoms with Crippen molar-refractivity contribution in [1.82, 2.24) is 10.0 Å². The van der Waals surface area contributed by atoms with Gasteiger partial charge in [0.25, 0.3) is 0 Å². The van der Waals surface area contributed by atoms with E-state index in [9.17, 15) is 13.2 Å². The Morgan fingerprint density at radius 3 is 2.53 bits per heavy atom. The zero-order valence-corrected chi connectivity index (χ0v) is 12.0. The zero-order chi connectivity index (χ0) is 14.5. The number of hydrogen-bond acceptors (Lipinski definition) is 4. The summed E-state index contributed by atoms with van der Waals surface area (Å²) in [7, 11) is -2.03. The molecule has 19 heavy (non-hydrogen) atoms. The fraction of sp³-hybridized carbons (Fsp3) is 0.417. The van der Waals surface area contributed by atoms with E-state index in [4.69, 9.17) is 0 Å². The second-order valence-electron chi connectivity index (χ2n) is 3.98. The van der Waals surface area contributed by atoms with Gasteiger partial charge in [0, 0.05) is 13.6 Å². The van der Waals surface area contributed by atoms with Crippen molar-refractivity contribution in [2.75, 3.05) is 18.9 Å². The van der Waals surface area contributed by atoms with Crippen LogP contribution in [0.25, 0.3) is 0 Å². The monoisotopic (exact) mass is 285 g/mol. The van der Waals surface area contributed by atoms with Crippen LogP contribution < -0.4 is 15.4 Å². The maximum Gasteiger partial charge on any atom is 0.242 e. The number of carbonyl (C=O) groups excluding carboxylic acids is 1. The Hall–Kier alpha value is -1.60. The Morgan fingerprint density at radius 2 is 1.95 bits per heavy atom. The maximum absolute atomic E-state index is 12.0. The average molecular weight is 285 g/mol. The first-order valence-electron chi connectivity index (χ1n) is 5.99. The Bertz CT molecular complexity index is 543. The zero-order valence-electron chi connectivity index (χ0n) is 11.2. The van der Waals surface area contributed by atoms with Gasteiger partial charge in [-0.15, -0.1) is 0 Å². The molecule has 0 aliphatic heterocycles. The lowest BCUT2D eigenvalue weighted by Crippen LogP contribution is -2.36. The highest BCUT2D eigenvalue weighted by molar-refractivity contribution is 7.89. The molecule has 0 saturated carbocycles. The summed E-state index contributed by atoms with van der Waals surface area (Å²) in [6, 6.07) is 5.95. The van der Waals surface area contributed by atoms with Crippen LogP contribution in [0.4, 0.5) is 5.69 Å². The first-order chi connectivity index (χ1) is 8.92. The van der Waals surface area contributed by atoms with Crippen LogP contribution in [0.2, 0.25) is 0 Å². The molecule has 0 bridgehead atoms. The minimum Gasteiger partial charge on any atom is -0.373 e. The molecule has 0 radical (unpaired) electrons. The molecule has 0 heterocycles. The summed E-state index contributed by atoms with van der Waals surface area (Å²) in [6.45, 7) is 3.68. The number of amides is 1. The van der Waals surface area contributed by atoms with Crippen molar-refractivity contribution in [3.8, 4) is 0 Å². The van der Waals surface area contributed by atoms with Gasteiger partial charge in [-0.3, -0.25) is 4.79 Å². The molecule has 1 aromatic carbocycles. The van der Waals surface area contributed by atoms with Crippen molar-refractivity contribution in [2.45, 2.75) is 24.8 Å². The number of para-hydroxylation sites is 1. The van der Waals surface area contributed by atoms with Crippen molar-refractivity contribution >= 4 is 21.6 Å². The van der Waals surface area contributed by atoms with Crippen molar-refractivity contribution in [2.24, 2.45) is 0 Å². The Morgan fingerprint density at radius 1 is 1.32 bits per heavy atom. The van der Waals surface area contributed by atoms with Gasteiger partial charge in [0.1, 0.15) is 10.9 Å². The van der Waals surface area contributed by atoms with E-state index in [0.29, 0.717) is 12.2 Å². The molecule has 0 aliphatic rings. The lowest BCUT2D eigenvalue weighted by atomic mass is 10.2. The van der Waals surface area contributed by atoms with Gasteiger partial charge < -0.3 is 10.6 Å². The number of likely N-dealkylation sites (N-methyl/N-ethyl adjacent to an activating group) is 1. The Kier molecular flexibility index (Phi) is 5.31. The second-order valence-corrected chi connectivity index (χ2v) is 5.71. The SMILES string of the molecule is CCNS(=O)(=O)c1ccccc1NC(C)C(=O)NC. The Balaban J connectivity index is 3.07. The fourth-order valence-corrected chi connectivity index (χ4v) is 2.81. The highest BCUT2D eigenvalue weighted by atomic mass is 32.2. The molecule has 0 aromatic heterocycles. The van der Waals surface area contributed by atoms with E-state index in [1.165, 1.54) is 13.1 Å². The van der Waals surface area contributed by atoms with Gasteiger partial charge in [-0.25, -0.2) is 13.1 Å². The summed E-state index contributed by atoms with van der Waals surface area (Å²) >= 11 is 0. The highest BCUT2D eigenvalue weighted by Gasteiger charge is 2.19. The first kappa shape index (κ1) is 15.5. The van der Waals surface area contributed by atoms with Crippen molar-refractivity contribution in [1.29, 1.82) is 0 Å². The van der Waals surface area contributed by atoms with Gasteiger partial charge in [-0.1, -0.05) is 19.1 Å². The van der Waals surface area contributed by atoms with Crippen LogP contribution in [-0.2, 0) is 14.8 Å². The summed E-state index contributed by atoms with van der Waals surface area (Å²) in [5.74, 6) is -0.212. The summed E-state index contributed by atoms with van der Waals surface area (Å²) in [6.07, 6.45) is 0. The summed E-state index contributed by atoms with van der Waals surface area (Å²) in [4.78, 5) is 11.6. The lowest BCUT2D eigenvalue weighted by molar-refractivity contribution is -0.121. The predicted molar refractivity (Wildman–Crippen MR) is 74.5 cm³/mol. The van der Waals surface area contributed by atoms with Crippen LogP contribution in [-0.4, -0.2) is 34.0 Å². The third kappa shape index (κ3) is 3.93. The summed E-state index contributed by atoms with van der Waals surface area (Å²) < 4.78 is 26.5. The molecule has 0 aliphatic carbocycles. The van der Waals surface area contributed by atoms with E-state index in [2.05, 4.69) is 15.4 Å². The van der Waals surface area contributed by atoms with E-state index in [-0.39, 0.29) is 10.8 Å². The van der Waals surface area contributed by atoms with E-state index < -0.39 is 16.1 Å². The Labute approximate surface area is 113 Å². The number of carbonyl (C=O) groups is 1. The normalized spacial score (nSPS) is 12.8. The van der Waals surface area contributed by atoms with Gasteiger partial charge in [0.15, 0.2) is 0 Å². The van der Waals surface area contributed by atoms with Gasteiger partial charge in [0.05, 0.1) is 5.69 Å². The van der Waals surface area contributed by atoms with Gasteiger partial charge in [-0.05, 0) is 19.1 Å². The van der Waals surface area contributed by atoms with Crippen LogP contribution >= 0.6 is 0 Å². The predicted octanol–water partition coefficient (Wildman–Crippen LogP) is 0.531. The minimum atomic E-state index is -3.56. The van der Waals surface area contributed by atoms with Gasteiger partial charge in [0.2, 0.25) is 15.9 Å². The molecule has 0 fully saturated rings. The average Bonchev–Trinajstić information content (AvgIpc) is 2.38. The van der Waals surface area contributed by atoms with Crippen molar-refractivity contribution in [3.05, 3.63) is 24.3 Å². The third-order valence-corrected chi connectivity index (χ3v) is 4.13. The number of rotatable bonds is 6. The second kappa shape index (κ2) is 6.53. The van der Waals surface area contributed by atoms with Crippen LogP contribution in [0, 0.1) is 0 Å². The smallest absolute Gasteiger partial charge is 0.242 e. The number of hydrogen-bond donors (Lipinski definition) is 3. The van der Waals surface area contributed by atoms with Crippen LogP contribution in [0.3, 0.4) is 0 Å². The number of benzene rings is 1. The minimum absolute atomic E-state index is 0.132. The molecular weight excluding hydrogens is 266 g/mol. The maximum atomic E-state index is 12.0. The van der Waals surface area contributed by atoms with Crippen LogP contribution in [0.5, 0.6) is 0 Å².